The molecule has 11 aromatic carbocycles. The van der Waals surface area contributed by atoms with Gasteiger partial charge in [0.25, 0.3) is 6.71 Å². The van der Waals surface area contributed by atoms with Crippen molar-refractivity contribution in [3.63, 3.8) is 0 Å². The van der Waals surface area contributed by atoms with Crippen LogP contribution in [-0.2, 0) is 60.6 Å². The molecule has 0 saturated heterocycles. The number of hydrogen-bond acceptors (Lipinski definition) is 2. The summed E-state index contributed by atoms with van der Waals surface area (Å²) in [4.78, 5) is 5.54. The quantitative estimate of drug-likeness (QED) is 0.148. The Morgan fingerprint density at radius 2 is 0.483 bits per heavy atom. The van der Waals surface area contributed by atoms with E-state index in [9.17, 15) is 0 Å². The molecule has 0 N–H and O–H groups in total. The molecule has 0 fully saturated rings. The van der Waals surface area contributed by atoms with Gasteiger partial charge < -0.3 is 18.9 Å². The van der Waals surface area contributed by atoms with Crippen molar-refractivity contribution in [2.24, 2.45) is 5.41 Å². The zero-order valence-corrected chi connectivity index (χ0v) is 77.0. The molecular weight excluding hydrogens is 1400 g/mol. The summed E-state index contributed by atoms with van der Waals surface area (Å²) in [5.74, 6) is 0. The van der Waals surface area contributed by atoms with Gasteiger partial charge in [0.05, 0.1) is 33.4 Å². The highest BCUT2D eigenvalue weighted by Crippen LogP contribution is 2.54. The van der Waals surface area contributed by atoms with Crippen LogP contribution in [0.15, 0.2) is 194 Å². The van der Waals surface area contributed by atoms with Crippen molar-refractivity contribution in [2.45, 2.75) is 289 Å². The van der Waals surface area contributed by atoms with Gasteiger partial charge in [0.2, 0.25) is 0 Å². The summed E-state index contributed by atoms with van der Waals surface area (Å²) in [6.45, 7) is 78.2. The summed E-state index contributed by atoms with van der Waals surface area (Å²) >= 11 is 0. The molecule has 4 nitrogen and oxygen atoms in total. The van der Waals surface area contributed by atoms with Crippen molar-refractivity contribution in [2.75, 3.05) is 9.80 Å². The number of benzene rings is 11. The molecule has 0 bridgehead atoms. The number of hydrogen-bond donors (Lipinski definition) is 0. The third-order valence-electron chi connectivity index (χ3n) is 25.5. The second-order valence-corrected chi connectivity index (χ2v) is 46.5. The minimum atomic E-state index is -0.212. The third kappa shape index (κ3) is 14.8. The van der Waals surface area contributed by atoms with E-state index in [1.54, 1.807) is 0 Å². The van der Waals surface area contributed by atoms with Crippen molar-refractivity contribution in [1.82, 2.24) is 9.13 Å². The van der Waals surface area contributed by atoms with Crippen molar-refractivity contribution in [3.8, 4) is 33.6 Å². The lowest BCUT2D eigenvalue weighted by molar-refractivity contribution is 0.411. The first-order chi connectivity index (χ1) is 53.4. The molecule has 4 heterocycles. The third-order valence-corrected chi connectivity index (χ3v) is 25.5. The molecule has 2 aromatic heterocycles. The Bertz CT molecular complexity index is 5560. The summed E-state index contributed by atoms with van der Waals surface area (Å²) in [6.07, 6.45) is 0.846. The largest absolute Gasteiger partial charge is 0.311 e. The molecule has 2 aliphatic rings. The zero-order chi connectivity index (χ0) is 84.4. The van der Waals surface area contributed by atoms with Crippen molar-refractivity contribution in [3.05, 3.63) is 255 Å². The van der Waals surface area contributed by atoms with Crippen molar-refractivity contribution >= 4 is 101 Å². The maximum atomic E-state index is 2.77. The molecule has 0 aliphatic carbocycles. The van der Waals surface area contributed by atoms with Crippen LogP contribution in [0.3, 0.4) is 0 Å². The van der Waals surface area contributed by atoms with Gasteiger partial charge in [0.15, 0.2) is 0 Å². The van der Waals surface area contributed by atoms with E-state index < -0.39 is 0 Å². The summed E-state index contributed by atoms with van der Waals surface area (Å²) < 4.78 is 5.19. The average Bonchev–Trinajstić information content (AvgIpc) is 0.710. The van der Waals surface area contributed by atoms with Crippen molar-refractivity contribution < 1.29 is 0 Å². The highest BCUT2D eigenvalue weighted by atomic mass is 15.2. The van der Waals surface area contributed by atoms with Gasteiger partial charge in [-0.1, -0.05) is 313 Å². The van der Waals surface area contributed by atoms with Crippen LogP contribution in [0.4, 0.5) is 34.1 Å². The van der Waals surface area contributed by atoms with Crippen LogP contribution in [0, 0.1) is 5.41 Å². The van der Waals surface area contributed by atoms with Gasteiger partial charge >= 0.3 is 0 Å². The maximum absolute atomic E-state index is 2.77. The molecule has 0 saturated carbocycles. The molecule has 0 spiro atoms. The summed E-state index contributed by atoms with van der Waals surface area (Å²) in [6, 6.07) is 80.0. The van der Waals surface area contributed by atoms with Crippen LogP contribution in [0.5, 0.6) is 0 Å². The van der Waals surface area contributed by atoms with Crippen molar-refractivity contribution in [1.29, 1.82) is 0 Å². The Morgan fingerprint density at radius 3 is 0.741 bits per heavy atom. The standard InChI is InChI=1S/C111H133BN4/c1-101(2,3)66-67-50-98-100-99(51-67)116(91-45-35-71(103(7,8)9)59-83(91)69-54-78(110(28,29)30)57-79(55-69)111(31,32)33)97-65-81(114-94-48-38-74(106(16,17)18)62-86(94)87-63-75(107(19,20)21)39-49-95(87)114)41-43-89(97)112(100)88-42-40-80(113-92-46-36-72(104(10,11)12)60-84(92)85-61-73(105(13,14)15)37-47-93(85)113)64-96(88)115(98)90-44-34-70(102(4,5)6)58-82(90)68-52-76(108(22,23)24)56-77(53-68)109(25,26)27/h34-65H,66H2,1-33H3. The lowest BCUT2D eigenvalue weighted by atomic mass is 9.33. The Morgan fingerprint density at radius 1 is 0.224 bits per heavy atom. The second-order valence-electron chi connectivity index (χ2n) is 46.5. The predicted octanol–water partition coefficient (Wildman–Crippen LogP) is 29.9. The molecule has 0 unspecified atom stereocenters. The minimum absolute atomic E-state index is 0.0537. The SMILES string of the molecule is CC(C)(C)Cc1cc2c3c(c1)N(c1ccc(C(C)(C)C)cc1-c1cc(C(C)(C)C)cc(C(C)(C)C)c1)c1cc(-n4c5ccc(C(C)(C)C)cc5c5cc(C(C)(C)C)ccc54)ccc1B3c1ccc(-n3c4ccc(C(C)(C)C)cc4c4cc(C(C)(C)C)ccc43)cc1N2c1ccc(C(C)(C)C)cc1-c1cc(C(C)(C)C)cc(C(C)(C)C)c1. The first-order valence-corrected chi connectivity index (χ1v) is 43.3. The smallest absolute Gasteiger partial charge is 0.252 e. The monoisotopic (exact) mass is 1530 g/mol. The molecule has 13 aromatic rings. The van der Waals surface area contributed by atoms with E-state index >= 15 is 0 Å². The van der Waals surface area contributed by atoms with E-state index in [0.717, 1.165) is 29.2 Å². The molecule has 600 valence electrons. The first kappa shape index (κ1) is 81.8. The van der Waals surface area contributed by atoms with Gasteiger partial charge in [-0.2, -0.15) is 0 Å². The number of anilines is 6. The van der Waals surface area contributed by atoms with Gasteiger partial charge in [-0.15, -0.1) is 0 Å². The Kier molecular flexibility index (Phi) is 19.1. The first-order valence-electron chi connectivity index (χ1n) is 43.3. The van der Waals surface area contributed by atoms with Gasteiger partial charge in [-0.25, -0.2) is 0 Å². The van der Waals surface area contributed by atoms with Crippen LogP contribution >= 0.6 is 0 Å². The van der Waals surface area contributed by atoms with Crippen LogP contribution in [-0.4, -0.2) is 15.8 Å². The van der Waals surface area contributed by atoms with Gasteiger partial charge in [0, 0.05) is 66.8 Å². The predicted molar refractivity (Wildman–Crippen MR) is 510 cm³/mol. The van der Waals surface area contributed by atoms with Crippen LogP contribution in [0.25, 0.3) is 77.2 Å². The van der Waals surface area contributed by atoms with Gasteiger partial charge in [0.1, 0.15) is 0 Å². The van der Waals surface area contributed by atoms with Gasteiger partial charge in [-0.3, -0.25) is 0 Å². The molecule has 116 heavy (non-hydrogen) atoms. The lowest BCUT2D eigenvalue weighted by Gasteiger charge is -2.45. The van der Waals surface area contributed by atoms with E-state index in [1.165, 1.54) is 166 Å². The fourth-order valence-electron chi connectivity index (χ4n) is 18.2. The van der Waals surface area contributed by atoms with E-state index in [1.807, 2.05) is 0 Å². The zero-order valence-electron chi connectivity index (χ0n) is 77.0. The number of fused-ring (bicyclic) bond motifs is 10. The van der Waals surface area contributed by atoms with Gasteiger partial charge in [-0.05, 0) is 264 Å². The topological polar surface area (TPSA) is 16.3 Å². The van der Waals surface area contributed by atoms with E-state index in [0.29, 0.717) is 0 Å². The summed E-state index contributed by atoms with van der Waals surface area (Å²) in [5, 5.41) is 5.12. The number of rotatable bonds is 7. The normalized spacial score (nSPS) is 14.2. The summed E-state index contributed by atoms with van der Waals surface area (Å²) in [7, 11) is 0. The van der Waals surface area contributed by atoms with E-state index in [-0.39, 0.29) is 66.3 Å². The molecule has 0 amide bonds. The molecule has 15 rings (SSSR count). The average molecular weight is 1530 g/mol. The van der Waals surface area contributed by atoms with Crippen LogP contribution in [0.1, 0.15) is 290 Å². The number of aromatic nitrogens is 2. The minimum Gasteiger partial charge on any atom is -0.311 e. The fraction of sp³-hybridized carbons (Fsp3) is 0.405. The van der Waals surface area contributed by atoms with Crippen LogP contribution in [0.2, 0.25) is 0 Å². The van der Waals surface area contributed by atoms with E-state index in [2.05, 4.69) is 442 Å². The Hall–Kier alpha value is -9.32. The Labute approximate surface area is 698 Å². The Balaban J connectivity index is 1.14. The van der Waals surface area contributed by atoms with Crippen LogP contribution < -0.4 is 26.2 Å². The number of nitrogens with zero attached hydrogens (tertiary/aromatic N) is 4. The maximum Gasteiger partial charge on any atom is 0.252 e. The molecule has 0 radical (unpaired) electrons. The fourth-order valence-corrected chi connectivity index (χ4v) is 18.2. The highest BCUT2D eigenvalue weighted by molar-refractivity contribution is 7.00. The molecule has 0 atom stereocenters. The lowest BCUT2D eigenvalue weighted by Crippen LogP contribution is -2.61. The highest BCUT2D eigenvalue weighted by Gasteiger charge is 2.46. The second kappa shape index (κ2) is 27.1. The molecular formula is C111H133BN4. The molecule has 5 heteroatoms. The summed E-state index contributed by atoms with van der Waals surface area (Å²) in [5.41, 5.74) is 36.4. The molecule has 2 aliphatic heterocycles. The van der Waals surface area contributed by atoms with E-state index in [4.69, 9.17) is 0 Å².